The topological polar surface area (TPSA) is 40.5 Å². The van der Waals surface area contributed by atoms with Gasteiger partial charge in [0.15, 0.2) is 0 Å². The molecule has 4 aliphatic heterocycles. The second kappa shape index (κ2) is 7.30. The van der Waals surface area contributed by atoms with Gasteiger partial charge in [-0.25, -0.2) is 0 Å². The molecule has 2 aromatic carbocycles. The van der Waals surface area contributed by atoms with Crippen LogP contribution in [-0.2, 0) is 19.0 Å². The Balaban J connectivity index is 1.37. The van der Waals surface area contributed by atoms with Crippen molar-refractivity contribution in [2.24, 2.45) is 13.0 Å². The number of aryl methyl sites for hydroxylation is 1. The Kier molecular flexibility index (Phi) is 4.53. The maximum absolute atomic E-state index is 13.1. The van der Waals surface area contributed by atoms with Crippen molar-refractivity contribution >= 4 is 10.9 Å². The largest absolute Gasteiger partial charge is 0.311 e. The van der Waals surface area contributed by atoms with Gasteiger partial charge in [-0.3, -0.25) is 4.79 Å². The molecule has 3 atom stereocenters. The average Bonchev–Trinajstić information content (AvgIpc) is 3.05. The molecular formula is C26H30N4O. The zero-order valence-electron chi connectivity index (χ0n) is 18.1. The summed E-state index contributed by atoms with van der Waals surface area (Å²) in [5, 5.41) is 5.04. The maximum Gasteiger partial charge on any atom is 0.255 e. The molecule has 4 bridgehead atoms. The SMILES string of the molecule is Cn1c(=O)c(CNC2C3CN4CCN(C3)CC2(c2ccccc2)C4)cc2ccccc21. The minimum atomic E-state index is 0.0704. The van der Waals surface area contributed by atoms with Crippen LogP contribution in [0.3, 0.4) is 0 Å². The van der Waals surface area contributed by atoms with Crippen molar-refractivity contribution in [2.45, 2.75) is 18.0 Å². The first kappa shape index (κ1) is 19.2. The molecule has 1 aromatic heterocycles. The molecule has 5 heterocycles. The van der Waals surface area contributed by atoms with E-state index >= 15 is 0 Å². The Morgan fingerprint density at radius 2 is 1.65 bits per heavy atom. The summed E-state index contributed by atoms with van der Waals surface area (Å²) >= 11 is 0. The summed E-state index contributed by atoms with van der Waals surface area (Å²) in [6, 6.07) is 21.7. The second-order valence-electron chi connectivity index (χ2n) is 9.70. The molecule has 0 saturated carbocycles. The third-order valence-electron chi connectivity index (χ3n) is 7.86. The summed E-state index contributed by atoms with van der Waals surface area (Å²) in [4.78, 5) is 18.4. The molecule has 5 nitrogen and oxygen atoms in total. The highest BCUT2D eigenvalue weighted by Crippen LogP contribution is 2.43. The second-order valence-corrected chi connectivity index (χ2v) is 9.70. The lowest BCUT2D eigenvalue weighted by atomic mass is 9.64. The van der Waals surface area contributed by atoms with Crippen molar-refractivity contribution < 1.29 is 0 Å². The Bertz CT molecular complexity index is 1150. The zero-order chi connectivity index (χ0) is 21.0. The van der Waals surface area contributed by atoms with Crippen molar-refractivity contribution in [2.75, 3.05) is 39.3 Å². The number of nitrogens with one attached hydrogen (secondary N) is 1. The highest BCUT2D eigenvalue weighted by atomic mass is 16.1. The molecule has 7 rings (SSSR count). The molecule has 0 radical (unpaired) electrons. The third kappa shape index (κ3) is 3.06. The monoisotopic (exact) mass is 414 g/mol. The number of rotatable bonds is 4. The average molecular weight is 415 g/mol. The van der Waals surface area contributed by atoms with Crippen LogP contribution in [-0.4, -0.2) is 59.7 Å². The van der Waals surface area contributed by atoms with Crippen LogP contribution in [0.15, 0.2) is 65.5 Å². The lowest BCUT2D eigenvalue weighted by molar-refractivity contribution is 0.0174. The van der Waals surface area contributed by atoms with Crippen molar-refractivity contribution in [3.8, 4) is 0 Å². The van der Waals surface area contributed by atoms with Crippen LogP contribution in [0, 0.1) is 5.92 Å². The van der Waals surface area contributed by atoms with E-state index in [1.165, 1.54) is 18.7 Å². The van der Waals surface area contributed by atoms with Crippen molar-refractivity contribution in [1.29, 1.82) is 0 Å². The van der Waals surface area contributed by atoms with E-state index < -0.39 is 0 Å². The van der Waals surface area contributed by atoms with Crippen molar-refractivity contribution in [1.82, 2.24) is 19.7 Å². The molecule has 4 aliphatic rings. The molecule has 160 valence electrons. The van der Waals surface area contributed by atoms with Gasteiger partial charge in [-0.15, -0.1) is 0 Å². The summed E-state index contributed by atoms with van der Waals surface area (Å²) in [7, 11) is 1.88. The van der Waals surface area contributed by atoms with Gasteiger partial charge < -0.3 is 19.7 Å². The lowest BCUT2D eigenvalue weighted by Crippen LogP contribution is -2.70. The van der Waals surface area contributed by atoms with Gasteiger partial charge in [0.2, 0.25) is 0 Å². The molecule has 5 heteroatoms. The normalized spacial score (nSPS) is 31.8. The fraction of sp³-hybridized carbons (Fsp3) is 0.423. The molecule has 0 aliphatic carbocycles. The van der Waals surface area contributed by atoms with E-state index in [0.717, 1.165) is 42.6 Å². The summed E-state index contributed by atoms with van der Waals surface area (Å²) in [6.45, 7) is 7.45. The van der Waals surface area contributed by atoms with Gasteiger partial charge in [-0.05, 0) is 23.1 Å². The summed E-state index contributed by atoms with van der Waals surface area (Å²) in [5.41, 5.74) is 3.45. The van der Waals surface area contributed by atoms with E-state index in [4.69, 9.17) is 0 Å². The fourth-order valence-electron chi connectivity index (χ4n) is 6.51. The van der Waals surface area contributed by atoms with Gasteiger partial charge in [0.25, 0.3) is 5.56 Å². The Morgan fingerprint density at radius 3 is 2.39 bits per heavy atom. The minimum Gasteiger partial charge on any atom is -0.311 e. The molecule has 3 aromatic rings. The quantitative estimate of drug-likeness (QED) is 0.711. The molecular weight excluding hydrogens is 384 g/mol. The van der Waals surface area contributed by atoms with Gasteiger partial charge in [-0.2, -0.15) is 0 Å². The highest BCUT2D eigenvalue weighted by molar-refractivity contribution is 5.79. The van der Waals surface area contributed by atoms with E-state index in [0.29, 0.717) is 18.5 Å². The van der Waals surface area contributed by atoms with Gasteiger partial charge >= 0.3 is 0 Å². The van der Waals surface area contributed by atoms with E-state index in [1.807, 2.05) is 25.2 Å². The number of aromatic nitrogens is 1. The van der Waals surface area contributed by atoms with Crippen LogP contribution in [0.5, 0.6) is 0 Å². The van der Waals surface area contributed by atoms with Crippen LogP contribution in [0.1, 0.15) is 11.1 Å². The number of hydrogen-bond donors (Lipinski definition) is 1. The molecule has 31 heavy (non-hydrogen) atoms. The summed E-state index contributed by atoms with van der Waals surface area (Å²) < 4.78 is 1.79. The number of fused-ring (bicyclic) bond motifs is 2. The highest BCUT2D eigenvalue weighted by Gasteiger charge is 2.54. The van der Waals surface area contributed by atoms with Crippen molar-refractivity contribution in [3.05, 3.63) is 82.1 Å². The third-order valence-corrected chi connectivity index (χ3v) is 7.86. The van der Waals surface area contributed by atoms with Gasteiger partial charge in [0, 0.05) is 75.8 Å². The predicted octanol–water partition coefficient (Wildman–Crippen LogP) is 2.20. The number of para-hydroxylation sites is 1. The predicted molar refractivity (Wildman–Crippen MR) is 124 cm³/mol. The molecule has 4 fully saturated rings. The van der Waals surface area contributed by atoms with E-state index in [2.05, 4.69) is 57.6 Å². The van der Waals surface area contributed by atoms with Crippen LogP contribution in [0.4, 0.5) is 0 Å². The number of benzene rings is 2. The maximum atomic E-state index is 13.1. The van der Waals surface area contributed by atoms with E-state index in [9.17, 15) is 4.79 Å². The van der Waals surface area contributed by atoms with Crippen LogP contribution >= 0.6 is 0 Å². The van der Waals surface area contributed by atoms with Gasteiger partial charge in [-0.1, -0.05) is 48.5 Å². The molecule has 0 amide bonds. The van der Waals surface area contributed by atoms with E-state index in [1.54, 1.807) is 4.57 Å². The molecule has 3 unspecified atom stereocenters. The first-order valence-electron chi connectivity index (χ1n) is 11.5. The number of nitrogens with zero attached hydrogens (tertiary/aromatic N) is 3. The Labute approximate surface area is 183 Å². The number of pyridine rings is 1. The smallest absolute Gasteiger partial charge is 0.255 e. The fourth-order valence-corrected chi connectivity index (χ4v) is 6.51. The number of hydrogen-bond acceptors (Lipinski definition) is 4. The summed E-state index contributed by atoms with van der Waals surface area (Å²) in [6.07, 6.45) is 0. The van der Waals surface area contributed by atoms with Crippen LogP contribution < -0.4 is 10.9 Å². The first-order valence-corrected chi connectivity index (χ1v) is 11.5. The zero-order valence-corrected chi connectivity index (χ0v) is 18.1. The van der Waals surface area contributed by atoms with Crippen LogP contribution in [0.2, 0.25) is 0 Å². The van der Waals surface area contributed by atoms with Crippen LogP contribution in [0.25, 0.3) is 10.9 Å². The van der Waals surface area contributed by atoms with Gasteiger partial charge in [0.1, 0.15) is 0 Å². The first-order chi connectivity index (χ1) is 15.1. The van der Waals surface area contributed by atoms with Crippen molar-refractivity contribution in [3.63, 3.8) is 0 Å². The molecule has 1 N–H and O–H groups in total. The number of piperidine rings is 2. The molecule has 0 spiro atoms. The van der Waals surface area contributed by atoms with E-state index in [-0.39, 0.29) is 11.0 Å². The minimum absolute atomic E-state index is 0.0704. The summed E-state index contributed by atoms with van der Waals surface area (Å²) in [5.74, 6) is 0.578. The Hall–Kier alpha value is -2.47. The van der Waals surface area contributed by atoms with Gasteiger partial charge in [0.05, 0.1) is 5.52 Å². The molecule has 4 saturated heterocycles. The Morgan fingerprint density at radius 1 is 0.968 bits per heavy atom. The lowest BCUT2D eigenvalue weighted by Gasteiger charge is -2.56. The standard InChI is InChI=1S/C26H30N4O/c1-28-23-10-6-5-7-19(23)13-20(25(28)31)14-27-24-21-15-29-11-12-30(16-21)18-26(24,17-29)22-8-3-2-4-9-22/h2-10,13,21,24,27H,11-12,14-18H2,1H3.